The molecular weight excluding hydrogens is 360 g/mol. The van der Waals surface area contributed by atoms with Gasteiger partial charge in [0, 0.05) is 24.3 Å². The highest BCUT2D eigenvalue weighted by Gasteiger charge is 2.22. The average molecular weight is 382 g/mol. The van der Waals surface area contributed by atoms with E-state index in [1.807, 2.05) is 29.2 Å². The number of nitrogens with zero attached hydrogens (tertiary/aromatic N) is 1. The predicted octanol–water partition coefficient (Wildman–Crippen LogP) is 3.65. The van der Waals surface area contributed by atoms with Crippen LogP contribution in [0.15, 0.2) is 53.4 Å². The van der Waals surface area contributed by atoms with E-state index in [2.05, 4.69) is 4.72 Å². The van der Waals surface area contributed by atoms with Crippen molar-refractivity contribution in [1.29, 1.82) is 0 Å². The Labute approximate surface area is 159 Å². The molecule has 0 spiro atoms. The van der Waals surface area contributed by atoms with Gasteiger partial charge in [0.2, 0.25) is 0 Å². The Morgan fingerprint density at radius 1 is 0.926 bits per heavy atom. The lowest BCUT2D eigenvalue weighted by Gasteiger charge is -2.18. The minimum Gasteiger partial charge on any atom is -0.339 e. The van der Waals surface area contributed by atoms with Crippen molar-refractivity contribution in [3.63, 3.8) is 0 Å². The molecule has 0 unspecified atom stereocenters. The van der Waals surface area contributed by atoms with E-state index in [-0.39, 0.29) is 5.91 Å². The van der Waals surface area contributed by atoms with Gasteiger partial charge in [-0.2, -0.15) is 0 Å². The number of carbonyl (C=O) groups excluding carboxylic acids is 1. The predicted molar refractivity (Wildman–Crippen MR) is 107 cm³/mol. The lowest BCUT2D eigenvalue weighted by Crippen LogP contribution is -2.27. The maximum Gasteiger partial charge on any atom is 0.258 e. The molecule has 1 heterocycles. The fourth-order valence-electron chi connectivity index (χ4n) is 3.62. The van der Waals surface area contributed by atoms with Crippen LogP contribution in [-0.4, -0.2) is 32.3 Å². The van der Waals surface area contributed by atoms with Gasteiger partial charge in [0.15, 0.2) is 0 Å². The maximum absolute atomic E-state index is 12.7. The van der Waals surface area contributed by atoms with Gasteiger partial charge in [-0.15, -0.1) is 0 Å². The van der Waals surface area contributed by atoms with Crippen molar-refractivity contribution in [2.75, 3.05) is 17.8 Å². The van der Waals surface area contributed by atoms with Crippen LogP contribution >= 0.6 is 0 Å². The first-order valence-electron chi connectivity index (χ1n) is 9.23. The topological polar surface area (TPSA) is 66.5 Å². The number of likely N-dealkylation sites (tertiary alicyclic amines) is 1. The fourth-order valence-corrected chi connectivity index (χ4v) is 4.85. The zero-order valence-corrected chi connectivity index (χ0v) is 15.8. The molecule has 0 saturated carbocycles. The Balaban J connectivity index is 1.50. The SMILES string of the molecule is O=C(c1ccc(NS(=O)(=O)C2=Cc3ccccc3CC2)cc1)N1CCCC1. The fraction of sp³-hybridized carbons (Fsp3) is 0.286. The third-order valence-electron chi connectivity index (χ3n) is 5.13. The second-order valence-electron chi connectivity index (χ2n) is 6.99. The van der Waals surface area contributed by atoms with Gasteiger partial charge in [0.05, 0.1) is 4.91 Å². The zero-order chi connectivity index (χ0) is 18.9. The van der Waals surface area contributed by atoms with Crippen molar-refractivity contribution in [1.82, 2.24) is 4.90 Å². The van der Waals surface area contributed by atoms with Gasteiger partial charge in [-0.05, 0) is 67.2 Å². The van der Waals surface area contributed by atoms with Crippen LogP contribution in [0.5, 0.6) is 0 Å². The summed E-state index contributed by atoms with van der Waals surface area (Å²) < 4.78 is 28.1. The quantitative estimate of drug-likeness (QED) is 0.878. The first-order valence-corrected chi connectivity index (χ1v) is 10.7. The van der Waals surface area contributed by atoms with Crippen LogP contribution in [0.25, 0.3) is 6.08 Å². The Morgan fingerprint density at radius 3 is 2.37 bits per heavy atom. The number of aryl methyl sites for hydroxylation is 1. The number of carbonyl (C=O) groups is 1. The summed E-state index contributed by atoms with van der Waals surface area (Å²) in [5, 5.41) is 0. The molecule has 27 heavy (non-hydrogen) atoms. The van der Waals surface area contributed by atoms with Gasteiger partial charge in [0.1, 0.15) is 0 Å². The molecule has 1 fully saturated rings. The highest BCUT2D eigenvalue weighted by Crippen LogP contribution is 2.28. The summed E-state index contributed by atoms with van der Waals surface area (Å²) in [6.07, 6.45) is 5.03. The van der Waals surface area contributed by atoms with Crippen LogP contribution in [0.3, 0.4) is 0 Å². The van der Waals surface area contributed by atoms with Crippen molar-refractivity contribution in [2.45, 2.75) is 25.7 Å². The number of fused-ring (bicyclic) bond motifs is 1. The van der Waals surface area contributed by atoms with Gasteiger partial charge in [-0.1, -0.05) is 24.3 Å². The minimum atomic E-state index is -3.61. The highest BCUT2D eigenvalue weighted by atomic mass is 32.2. The summed E-state index contributed by atoms with van der Waals surface area (Å²) in [7, 11) is -3.61. The van der Waals surface area contributed by atoms with Gasteiger partial charge in [-0.3, -0.25) is 9.52 Å². The number of allylic oxidation sites excluding steroid dienone is 1. The van der Waals surface area contributed by atoms with E-state index in [1.165, 1.54) is 5.56 Å². The summed E-state index contributed by atoms with van der Waals surface area (Å²) in [6.45, 7) is 1.59. The van der Waals surface area contributed by atoms with Gasteiger partial charge in [-0.25, -0.2) is 8.42 Å². The molecule has 0 aromatic heterocycles. The number of hydrogen-bond acceptors (Lipinski definition) is 3. The summed E-state index contributed by atoms with van der Waals surface area (Å²) in [4.78, 5) is 14.6. The third-order valence-corrected chi connectivity index (χ3v) is 6.65. The highest BCUT2D eigenvalue weighted by molar-refractivity contribution is 7.96. The number of hydrogen-bond donors (Lipinski definition) is 1. The van der Waals surface area contributed by atoms with E-state index in [9.17, 15) is 13.2 Å². The Morgan fingerprint density at radius 2 is 1.63 bits per heavy atom. The molecule has 0 radical (unpaired) electrons. The monoisotopic (exact) mass is 382 g/mol. The summed E-state index contributed by atoms with van der Waals surface area (Å²) in [5.41, 5.74) is 3.18. The number of amides is 1. The molecule has 5 nitrogen and oxygen atoms in total. The van der Waals surface area contributed by atoms with Crippen LogP contribution in [-0.2, 0) is 16.4 Å². The van der Waals surface area contributed by atoms with Crippen molar-refractivity contribution in [3.05, 3.63) is 70.1 Å². The van der Waals surface area contributed by atoms with Crippen molar-refractivity contribution < 1.29 is 13.2 Å². The molecule has 2 aliphatic rings. The molecule has 0 atom stereocenters. The molecule has 1 aliphatic heterocycles. The first-order chi connectivity index (χ1) is 13.0. The van der Waals surface area contributed by atoms with Crippen LogP contribution in [0.1, 0.15) is 40.7 Å². The van der Waals surface area contributed by atoms with Gasteiger partial charge < -0.3 is 4.90 Å². The van der Waals surface area contributed by atoms with Crippen molar-refractivity contribution in [2.24, 2.45) is 0 Å². The van der Waals surface area contributed by atoms with E-state index >= 15 is 0 Å². The molecule has 1 N–H and O–H groups in total. The smallest absolute Gasteiger partial charge is 0.258 e. The average Bonchev–Trinajstić information content (AvgIpc) is 3.22. The summed E-state index contributed by atoms with van der Waals surface area (Å²) >= 11 is 0. The summed E-state index contributed by atoms with van der Waals surface area (Å²) in [6, 6.07) is 14.5. The van der Waals surface area contributed by atoms with Crippen LogP contribution in [0.2, 0.25) is 0 Å². The Hall–Kier alpha value is -2.60. The minimum absolute atomic E-state index is 0.00787. The molecule has 2 aromatic rings. The standard InChI is InChI=1S/C21H22N2O3S/c24-21(23-13-3-4-14-23)17-7-10-19(11-8-17)22-27(25,26)20-12-9-16-5-1-2-6-18(16)15-20/h1-2,5-8,10-11,15,22H,3-4,9,12-14H2. The number of benzene rings is 2. The molecule has 4 rings (SSSR count). The number of rotatable bonds is 4. The first kappa shape index (κ1) is 17.8. The van der Waals surface area contributed by atoms with Crippen molar-refractivity contribution in [3.8, 4) is 0 Å². The van der Waals surface area contributed by atoms with Gasteiger partial charge >= 0.3 is 0 Å². The van der Waals surface area contributed by atoms with Crippen LogP contribution < -0.4 is 4.72 Å². The van der Waals surface area contributed by atoms with E-state index in [4.69, 9.17) is 0 Å². The normalized spacial score (nSPS) is 16.6. The molecule has 6 heteroatoms. The molecular formula is C21H22N2O3S. The lowest BCUT2D eigenvalue weighted by molar-refractivity contribution is 0.0793. The van der Waals surface area contributed by atoms with E-state index in [0.717, 1.165) is 31.5 Å². The van der Waals surface area contributed by atoms with Crippen LogP contribution in [0, 0.1) is 0 Å². The van der Waals surface area contributed by atoms with E-state index in [1.54, 1.807) is 30.3 Å². The number of nitrogens with one attached hydrogen (secondary N) is 1. The maximum atomic E-state index is 12.7. The van der Waals surface area contributed by atoms with Crippen molar-refractivity contribution >= 4 is 27.7 Å². The molecule has 2 aromatic carbocycles. The van der Waals surface area contributed by atoms with Crippen LogP contribution in [0.4, 0.5) is 5.69 Å². The largest absolute Gasteiger partial charge is 0.339 e. The molecule has 140 valence electrons. The Bertz CT molecular complexity index is 988. The lowest BCUT2D eigenvalue weighted by atomic mass is 9.98. The number of anilines is 1. The molecule has 0 bridgehead atoms. The second-order valence-corrected chi connectivity index (χ2v) is 8.73. The zero-order valence-electron chi connectivity index (χ0n) is 15.0. The Kier molecular flexibility index (Phi) is 4.74. The van der Waals surface area contributed by atoms with E-state index in [0.29, 0.717) is 29.0 Å². The molecule has 1 saturated heterocycles. The third kappa shape index (κ3) is 3.76. The second kappa shape index (κ2) is 7.19. The number of sulfonamides is 1. The molecule has 1 aliphatic carbocycles. The van der Waals surface area contributed by atoms with E-state index < -0.39 is 10.0 Å². The summed E-state index contributed by atoms with van der Waals surface area (Å²) in [5.74, 6) is 0.00787. The molecule has 1 amide bonds. The van der Waals surface area contributed by atoms with Gasteiger partial charge in [0.25, 0.3) is 15.9 Å².